The third kappa shape index (κ3) is 5.29. The second-order valence-corrected chi connectivity index (χ2v) is 7.04. The predicted molar refractivity (Wildman–Crippen MR) is 79.6 cm³/mol. The van der Waals surface area contributed by atoms with E-state index >= 15 is 0 Å². The smallest absolute Gasteiger partial charge is 0.314 e. The van der Waals surface area contributed by atoms with Crippen molar-refractivity contribution in [2.75, 3.05) is 26.8 Å². The van der Waals surface area contributed by atoms with E-state index in [9.17, 15) is 9.90 Å². The van der Waals surface area contributed by atoms with Gasteiger partial charge in [-0.15, -0.1) is 0 Å². The number of rotatable bonds is 7. The molecule has 1 fully saturated rings. The van der Waals surface area contributed by atoms with Gasteiger partial charge in [-0.2, -0.15) is 0 Å². The largest absolute Gasteiger partial charge is 0.391 e. The molecule has 0 spiro atoms. The van der Waals surface area contributed by atoms with Crippen LogP contribution < -0.4 is 10.6 Å². The number of carbonyl (C=O) groups is 1. The molecule has 1 aliphatic rings. The van der Waals surface area contributed by atoms with Crippen molar-refractivity contribution in [1.82, 2.24) is 10.6 Å². The van der Waals surface area contributed by atoms with Gasteiger partial charge in [-0.05, 0) is 30.1 Å². The lowest BCUT2D eigenvalue weighted by atomic mass is 9.67. The van der Waals surface area contributed by atoms with Crippen molar-refractivity contribution < 1.29 is 14.6 Å². The quantitative estimate of drug-likeness (QED) is 0.669. The Hall–Kier alpha value is -0.810. The highest BCUT2D eigenvalue weighted by atomic mass is 16.5. The fourth-order valence-corrected chi connectivity index (χ4v) is 2.34. The van der Waals surface area contributed by atoms with Crippen LogP contribution in [0.15, 0.2) is 0 Å². The summed E-state index contributed by atoms with van der Waals surface area (Å²) in [5.41, 5.74) is -0.00304. The molecule has 5 heteroatoms. The lowest BCUT2D eigenvalue weighted by Crippen LogP contribution is -2.48. The number of aliphatic hydroxyl groups is 1. The summed E-state index contributed by atoms with van der Waals surface area (Å²) < 4.78 is 5.14. The van der Waals surface area contributed by atoms with E-state index in [1.54, 1.807) is 7.11 Å². The molecule has 0 heterocycles. The van der Waals surface area contributed by atoms with Gasteiger partial charge in [0.1, 0.15) is 0 Å². The number of hydrogen-bond donors (Lipinski definition) is 3. The van der Waals surface area contributed by atoms with Crippen molar-refractivity contribution in [2.45, 2.75) is 52.6 Å². The standard InChI is InChI=1S/C15H30N2O3/c1-14(2,3)12(18)10-16-13(19)17-11-15(6-5-7-15)8-9-20-4/h12,18H,5-11H2,1-4H3,(H2,16,17,19). The van der Waals surface area contributed by atoms with Gasteiger partial charge in [0.25, 0.3) is 0 Å². The Balaban J connectivity index is 2.25. The summed E-state index contributed by atoms with van der Waals surface area (Å²) in [7, 11) is 1.71. The first-order valence-electron chi connectivity index (χ1n) is 7.48. The van der Waals surface area contributed by atoms with Crippen molar-refractivity contribution in [3.8, 4) is 0 Å². The van der Waals surface area contributed by atoms with E-state index in [4.69, 9.17) is 4.74 Å². The molecule has 2 amide bonds. The Kier molecular flexibility index (Phi) is 6.27. The van der Waals surface area contributed by atoms with E-state index in [0.29, 0.717) is 6.54 Å². The van der Waals surface area contributed by atoms with E-state index < -0.39 is 6.10 Å². The number of nitrogens with one attached hydrogen (secondary N) is 2. The molecular weight excluding hydrogens is 256 g/mol. The van der Waals surface area contributed by atoms with E-state index in [1.165, 1.54) is 6.42 Å². The van der Waals surface area contributed by atoms with Crippen LogP contribution in [0, 0.1) is 10.8 Å². The Labute approximate surface area is 122 Å². The zero-order valence-electron chi connectivity index (χ0n) is 13.3. The van der Waals surface area contributed by atoms with E-state index in [1.807, 2.05) is 20.8 Å². The summed E-state index contributed by atoms with van der Waals surface area (Å²) in [4.78, 5) is 11.8. The molecule has 0 radical (unpaired) electrons. The normalized spacial score (nSPS) is 19.1. The molecule has 0 aromatic carbocycles. The van der Waals surface area contributed by atoms with Gasteiger partial charge in [-0.1, -0.05) is 27.2 Å². The average Bonchev–Trinajstić information content (AvgIpc) is 2.33. The van der Waals surface area contributed by atoms with Gasteiger partial charge in [-0.3, -0.25) is 0 Å². The third-order valence-electron chi connectivity index (χ3n) is 4.33. The molecule has 3 N–H and O–H groups in total. The molecule has 5 nitrogen and oxygen atoms in total. The fourth-order valence-electron chi connectivity index (χ4n) is 2.34. The number of urea groups is 1. The van der Waals surface area contributed by atoms with Gasteiger partial charge in [0.05, 0.1) is 6.10 Å². The maximum atomic E-state index is 11.8. The van der Waals surface area contributed by atoms with Gasteiger partial charge >= 0.3 is 6.03 Å². The number of methoxy groups -OCH3 is 1. The lowest BCUT2D eigenvalue weighted by Gasteiger charge is -2.42. The zero-order valence-corrected chi connectivity index (χ0v) is 13.3. The van der Waals surface area contributed by atoms with Crippen LogP contribution in [-0.4, -0.2) is 44.0 Å². The molecular formula is C15H30N2O3. The summed E-state index contributed by atoms with van der Waals surface area (Å²) in [6.45, 7) is 7.56. The highest BCUT2D eigenvalue weighted by Crippen LogP contribution is 2.43. The predicted octanol–water partition coefficient (Wildman–Crippen LogP) is 1.90. The molecule has 0 aliphatic heterocycles. The number of carbonyl (C=O) groups excluding carboxylic acids is 1. The SMILES string of the molecule is COCCC1(CNC(=O)NCC(O)C(C)(C)C)CCC1. The second-order valence-electron chi connectivity index (χ2n) is 7.04. The molecule has 20 heavy (non-hydrogen) atoms. The van der Waals surface area contributed by atoms with Gasteiger partial charge in [0.15, 0.2) is 0 Å². The zero-order chi connectivity index (χ0) is 15.2. The van der Waals surface area contributed by atoms with Crippen LogP contribution >= 0.6 is 0 Å². The van der Waals surface area contributed by atoms with E-state index in [-0.39, 0.29) is 23.4 Å². The maximum absolute atomic E-state index is 11.8. The minimum absolute atomic E-state index is 0.197. The number of ether oxygens (including phenoxy) is 1. The topological polar surface area (TPSA) is 70.6 Å². The van der Waals surface area contributed by atoms with E-state index in [0.717, 1.165) is 25.9 Å². The van der Waals surface area contributed by atoms with Crippen LogP contribution in [0.2, 0.25) is 0 Å². The average molecular weight is 286 g/mol. The van der Waals surface area contributed by atoms with Crippen molar-refractivity contribution in [2.24, 2.45) is 10.8 Å². The minimum atomic E-state index is -0.542. The lowest BCUT2D eigenvalue weighted by molar-refractivity contribution is 0.0624. The summed E-state index contributed by atoms with van der Waals surface area (Å²) >= 11 is 0. The number of hydrogen-bond acceptors (Lipinski definition) is 3. The molecule has 1 rings (SSSR count). The maximum Gasteiger partial charge on any atom is 0.314 e. The molecule has 0 bridgehead atoms. The Morgan fingerprint density at radius 2 is 2.00 bits per heavy atom. The van der Waals surface area contributed by atoms with Gasteiger partial charge in [-0.25, -0.2) is 4.79 Å². The van der Waals surface area contributed by atoms with Gasteiger partial charge in [0, 0.05) is 26.8 Å². The van der Waals surface area contributed by atoms with Gasteiger partial charge in [0.2, 0.25) is 0 Å². The molecule has 1 unspecified atom stereocenters. The Morgan fingerprint density at radius 1 is 1.35 bits per heavy atom. The first-order valence-corrected chi connectivity index (χ1v) is 7.48. The highest BCUT2D eigenvalue weighted by molar-refractivity contribution is 5.73. The van der Waals surface area contributed by atoms with Crippen LogP contribution in [-0.2, 0) is 4.74 Å². The monoisotopic (exact) mass is 286 g/mol. The summed E-state index contributed by atoms with van der Waals surface area (Å²) in [5.74, 6) is 0. The molecule has 118 valence electrons. The number of aliphatic hydroxyl groups excluding tert-OH is 1. The van der Waals surface area contributed by atoms with Crippen molar-refractivity contribution >= 4 is 6.03 Å². The molecule has 1 saturated carbocycles. The summed E-state index contributed by atoms with van der Waals surface area (Å²) in [6, 6.07) is -0.197. The van der Waals surface area contributed by atoms with Crippen LogP contribution in [0.25, 0.3) is 0 Å². The van der Waals surface area contributed by atoms with Crippen LogP contribution in [0.1, 0.15) is 46.5 Å². The van der Waals surface area contributed by atoms with Crippen molar-refractivity contribution in [1.29, 1.82) is 0 Å². The van der Waals surface area contributed by atoms with Crippen LogP contribution in [0.4, 0.5) is 4.79 Å². The molecule has 1 atom stereocenters. The minimum Gasteiger partial charge on any atom is -0.391 e. The molecule has 0 saturated heterocycles. The molecule has 1 aliphatic carbocycles. The first-order chi connectivity index (χ1) is 9.29. The molecule has 0 aromatic heterocycles. The molecule has 0 aromatic rings. The van der Waals surface area contributed by atoms with Crippen LogP contribution in [0.5, 0.6) is 0 Å². The summed E-state index contributed by atoms with van der Waals surface area (Å²) in [5, 5.41) is 15.5. The fraction of sp³-hybridized carbons (Fsp3) is 0.933. The third-order valence-corrected chi connectivity index (χ3v) is 4.33. The van der Waals surface area contributed by atoms with Crippen LogP contribution in [0.3, 0.4) is 0 Å². The number of amides is 2. The second kappa shape index (κ2) is 7.27. The van der Waals surface area contributed by atoms with Gasteiger partial charge < -0.3 is 20.5 Å². The van der Waals surface area contributed by atoms with E-state index in [2.05, 4.69) is 10.6 Å². The highest BCUT2D eigenvalue weighted by Gasteiger charge is 2.36. The Morgan fingerprint density at radius 3 is 2.45 bits per heavy atom. The summed E-state index contributed by atoms with van der Waals surface area (Å²) in [6.07, 6.45) is 3.99. The van der Waals surface area contributed by atoms with Crippen molar-refractivity contribution in [3.05, 3.63) is 0 Å². The first kappa shape index (κ1) is 17.2. The van der Waals surface area contributed by atoms with Crippen molar-refractivity contribution in [3.63, 3.8) is 0 Å². The Bertz CT molecular complexity index is 309.